The number of rotatable bonds is 2. The van der Waals surface area contributed by atoms with E-state index >= 15 is 0 Å². The normalized spacial score (nSPS) is 20.0. The van der Waals surface area contributed by atoms with Gasteiger partial charge in [0.05, 0.1) is 17.0 Å². The number of nitrogens with one attached hydrogen (secondary N) is 2. The van der Waals surface area contributed by atoms with Gasteiger partial charge in [-0.15, -0.1) is 0 Å². The van der Waals surface area contributed by atoms with Crippen molar-refractivity contribution in [3.63, 3.8) is 0 Å². The third-order valence-corrected chi connectivity index (χ3v) is 4.96. The number of H-pyrrole nitrogens is 1. The van der Waals surface area contributed by atoms with Crippen LogP contribution < -0.4 is 5.32 Å². The molecule has 1 aliphatic heterocycles. The molecule has 2 aromatic rings. The second-order valence-corrected chi connectivity index (χ2v) is 6.83. The van der Waals surface area contributed by atoms with E-state index in [1.165, 1.54) is 6.33 Å². The van der Waals surface area contributed by atoms with E-state index in [0.29, 0.717) is 12.8 Å². The molecular weight excluding hydrogens is 252 g/mol. The second kappa shape index (κ2) is 4.24. The first-order valence-electron chi connectivity index (χ1n) is 5.89. The van der Waals surface area contributed by atoms with Crippen molar-refractivity contribution in [2.45, 2.75) is 18.9 Å². The smallest absolute Gasteiger partial charge is 0.154 e. The Morgan fingerprint density at radius 1 is 1.28 bits per heavy atom. The number of hydrogen-bond donors (Lipinski definition) is 2. The van der Waals surface area contributed by atoms with E-state index in [-0.39, 0.29) is 17.5 Å². The lowest BCUT2D eigenvalue weighted by atomic mass is 10.1. The van der Waals surface area contributed by atoms with Gasteiger partial charge in [-0.1, -0.05) is 0 Å². The Morgan fingerprint density at radius 2 is 2.06 bits per heavy atom. The van der Waals surface area contributed by atoms with E-state index < -0.39 is 9.84 Å². The molecule has 0 aliphatic carbocycles. The summed E-state index contributed by atoms with van der Waals surface area (Å²) in [5.41, 5.74) is 1.72. The lowest BCUT2D eigenvalue weighted by molar-refractivity contribution is 0.559. The fourth-order valence-electron chi connectivity index (χ4n) is 2.21. The maximum absolute atomic E-state index is 11.4. The average Bonchev–Trinajstić information content (AvgIpc) is 2.81. The molecule has 6 nitrogen and oxygen atoms in total. The van der Waals surface area contributed by atoms with Crippen LogP contribution in [-0.4, -0.2) is 40.9 Å². The lowest BCUT2D eigenvalue weighted by Gasteiger charge is -2.23. The summed E-state index contributed by atoms with van der Waals surface area (Å²) in [6.45, 7) is 0. The molecular formula is C11H14N4O2S. The van der Waals surface area contributed by atoms with E-state index in [0.717, 1.165) is 16.9 Å². The number of aromatic amines is 1. The van der Waals surface area contributed by atoms with Crippen LogP contribution in [0.4, 0.5) is 5.82 Å². The molecule has 1 fully saturated rings. The van der Waals surface area contributed by atoms with Crippen molar-refractivity contribution in [1.82, 2.24) is 15.0 Å². The van der Waals surface area contributed by atoms with E-state index in [1.54, 1.807) is 0 Å². The monoisotopic (exact) mass is 266 g/mol. The van der Waals surface area contributed by atoms with Crippen LogP contribution in [0.1, 0.15) is 12.8 Å². The van der Waals surface area contributed by atoms with Crippen molar-refractivity contribution in [1.29, 1.82) is 0 Å². The maximum atomic E-state index is 11.4. The molecule has 0 unspecified atom stereocenters. The minimum Gasteiger partial charge on any atom is -0.365 e. The van der Waals surface area contributed by atoms with Crippen molar-refractivity contribution < 1.29 is 8.42 Å². The molecule has 18 heavy (non-hydrogen) atoms. The van der Waals surface area contributed by atoms with Crippen LogP contribution in [-0.2, 0) is 9.84 Å². The van der Waals surface area contributed by atoms with Crippen LogP contribution in [0.15, 0.2) is 18.6 Å². The predicted molar refractivity (Wildman–Crippen MR) is 69.2 cm³/mol. The number of anilines is 1. The van der Waals surface area contributed by atoms with E-state index in [9.17, 15) is 8.42 Å². The molecule has 0 atom stereocenters. The Kier molecular flexibility index (Phi) is 2.70. The van der Waals surface area contributed by atoms with Gasteiger partial charge >= 0.3 is 0 Å². The third-order valence-electron chi connectivity index (χ3n) is 3.24. The second-order valence-electron chi connectivity index (χ2n) is 4.53. The predicted octanol–water partition coefficient (Wildman–Crippen LogP) is 0.947. The van der Waals surface area contributed by atoms with Crippen LogP contribution in [0.2, 0.25) is 0 Å². The van der Waals surface area contributed by atoms with Crippen LogP contribution in [0.5, 0.6) is 0 Å². The quantitative estimate of drug-likeness (QED) is 0.845. The first-order chi connectivity index (χ1) is 8.64. The Bertz CT molecular complexity index is 650. The number of hydrogen-bond acceptors (Lipinski definition) is 5. The standard InChI is InChI=1S/C11H14N4O2S/c16-18(17)5-2-8(3-6-18)15-11-10-9(1-4-12-10)13-7-14-11/h1,4,7-8,12H,2-3,5-6H2,(H,13,14,15). The summed E-state index contributed by atoms with van der Waals surface area (Å²) in [7, 11) is -2.82. The fourth-order valence-corrected chi connectivity index (χ4v) is 3.70. The van der Waals surface area contributed by atoms with Gasteiger partial charge in [-0.05, 0) is 18.9 Å². The SMILES string of the molecule is O=S1(=O)CCC(Nc2ncnc3cc[nH]c23)CC1. The van der Waals surface area contributed by atoms with Gasteiger partial charge in [0.15, 0.2) is 5.82 Å². The van der Waals surface area contributed by atoms with Gasteiger partial charge in [0.2, 0.25) is 0 Å². The Morgan fingerprint density at radius 3 is 2.83 bits per heavy atom. The Labute approximate surface area is 105 Å². The lowest BCUT2D eigenvalue weighted by Crippen LogP contribution is -2.32. The molecule has 3 heterocycles. The summed E-state index contributed by atoms with van der Waals surface area (Å²) in [6, 6.07) is 2.04. The van der Waals surface area contributed by atoms with Gasteiger partial charge < -0.3 is 10.3 Å². The number of nitrogens with zero attached hydrogens (tertiary/aromatic N) is 2. The molecule has 2 aromatic heterocycles. The zero-order valence-electron chi connectivity index (χ0n) is 9.76. The van der Waals surface area contributed by atoms with E-state index in [1.807, 2.05) is 12.3 Å². The molecule has 1 saturated heterocycles. The van der Waals surface area contributed by atoms with Crippen LogP contribution in [0.3, 0.4) is 0 Å². The molecule has 7 heteroatoms. The van der Waals surface area contributed by atoms with Crippen LogP contribution in [0, 0.1) is 0 Å². The number of fused-ring (bicyclic) bond motifs is 1. The Balaban J connectivity index is 1.79. The van der Waals surface area contributed by atoms with E-state index in [2.05, 4.69) is 20.3 Å². The summed E-state index contributed by atoms with van der Waals surface area (Å²) in [6.07, 6.45) is 4.59. The van der Waals surface area contributed by atoms with E-state index in [4.69, 9.17) is 0 Å². The van der Waals surface area contributed by atoms with Gasteiger partial charge in [-0.25, -0.2) is 18.4 Å². The van der Waals surface area contributed by atoms with Crippen molar-refractivity contribution in [3.05, 3.63) is 18.6 Å². The van der Waals surface area contributed by atoms with Crippen LogP contribution >= 0.6 is 0 Å². The number of aromatic nitrogens is 3. The summed E-state index contributed by atoms with van der Waals surface area (Å²) < 4.78 is 22.7. The average molecular weight is 266 g/mol. The minimum atomic E-state index is -2.82. The van der Waals surface area contributed by atoms with Gasteiger partial charge in [-0.2, -0.15) is 0 Å². The van der Waals surface area contributed by atoms with Crippen molar-refractivity contribution in [2.24, 2.45) is 0 Å². The molecule has 0 radical (unpaired) electrons. The maximum Gasteiger partial charge on any atom is 0.154 e. The topological polar surface area (TPSA) is 87.7 Å². The molecule has 0 bridgehead atoms. The zero-order valence-corrected chi connectivity index (χ0v) is 10.6. The molecule has 0 spiro atoms. The van der Waals surface area contributed by atoms with Crippen LogP contribution in [0.25, 0.3) is 11.0 Å². The summed E-state index contributed by atoms with van der Waals surface area (Å²) in [4.78, 5) is 11.4. The largest absolute Gasteiger partial charge is 0.365 e. The van der Waals surface area contributed by atoms with Gasteiger partial charge in [-0.3, -0.25) is 0 Å². The summed E-state index contributed by atoms with van der Waals surface area (Å²) in [5.74, 6) is 1.25. The molecule has 96 valence electrons. The highest BCUT2D eigenvalue weighted by Gasteiger charge is 2.24. The van der Waals surface area contributed by atoms with Gasteiger partial charge in [0.25, 0.3) is 0 Å². The molecule has 3 rings (SSSR count). The highest BCUT2D eigenvalue weighted by molar-refractivity contribution is 7.91. The molecule has 2 N–H and O–H groups in total. The zero-order chi connectivity index (χ0) is 12.6. The molecule has 0 saturated carbocycles. The minimum absolute atomic E-state index is 0.162. The highest BCUT2D eigenvalue weighted by atomic mass is 32.2. The van der Waals surface area contributed by atoms with Crippen molar-refractivity contribution in [3.8, 4) is 0 Å². The Hall–Kier alpha value is -1.63. The highest BCUT2D eigenvalue weighted by Crippen LogP contribution is 2.21. The first kappa shape index (κ1) is 11.5. The van der Waals surface area contributed by atoms with Crippen molar-refractivity contribution >= 4 is 26.7 Å². The third kappa shape index (κ3) is 2.17. The number of sulfone groups is 1. The molecule has 0 amide bonds. The molecule has 1 aliphatic rings. The van der Waals surface area contributed by atoms with Gasteiger partial charge in [0.1, 0.15) is 21.7 Å². The summed E-state index contributed by atoms with van der Waals surface area (Å²) >= 11 is 0. The fraction of sp³-hybridized carbons (Fsp3) is 0.455. The first-order valence-corrected chi connectivity index (χ1v) is 7.71. The summed E-state index contributed by atoms with van der Waals surface area (Å²) in [5, 5.41) is 3.30. The van der Waals surface area contributed by atoms with Crippen molar-refractivity contribution in [2.75, 3.05) is 16.8 Å². The van der Waals surface area contributed by atoms with Gasteiger partial charge in [0, 0.05) is 12.2 Å². The molecule has 0 aromatic carbocycles.